The SMILES string of the molecule is C[Si](C)(c1ccccc1)c1ccc(CC(=O)N[C@H]2CCOC2=O)cc1. The van der Waals surface area contributed by atoms with Crippen LogP contribution in [0, 0.1) is 0 Å². The third-order valence-corrected chi connectivity index (χ3v) is 8.36. The molecule has 1 heterocycles. The second-order valence-electron chi connectivity index (χ2n) is 6.94. The monoisotopic (exact) mass is 353 g/mol. The van der Waals surface area contributed by atoms with Gasteiger partial charge in [0, 0.05) is 6.42 Å². The lowest BCUT2D eigenvalue weighted by Crippen LogP contribution is -2.52. The molecule has 0 unspecified atom stereocenters. The molecule has 0 saturated carbocycles. The number of carbonyl (C=O) groups excluding carboxylic acids is 2. The van der Waals surface area contributed by atoms with Crippen LogP contribution in [0.5, 0.6) is 0 Å². The lowest BCUT2D eigenvalue weighted by molar-refractivity contribution is -0.141. The molecule has 2 aromatic carbocycles. The number of nitrogens with one attached hydrogen (secondary N) is 1. The Morgan fingerprint density at radius 2 is 1.72 bits per heavy atom. The largest absolute Gasteiger partial charge is 0.464 e. The van der Waals surface area contributed by atoms with E-state index < -0.39 is 14.1 Å². The van der Waals surface area contributed by atoms with Gasteiger partial charge in [-0.05, 0) is 5.56 Å². The first-order chi connectivity index (χ1) is 12.0. The van der Waals surface area contributed by atoms with Crippen LogP contribution in [0.15, 0.2) is 54.6 Å². The fraction of sp³-hybridized carbons (Fsp3) is 0.300. The maximum absolute atomic E-state index is 12.1. The Kier molecular flexibility index (Phi) is 5.04. The molecule has 1 atom stereocenters. The molecule has 5 heteroatoms. The van der Waals surface area contributed by atoms with E-state index in [-0.39, 0.29) is 18.3 Å². The zero-order valence-corrected chi connectivity index (χ0v) is 15.6. The first-order valence-electron chi connectivity index (χ1n) is 8.58. The van der Waals surface area contributed by atoms with Gasteiger partial charge in [0.15, 0.2) is 0 Å². The summed E-state index contributed by atoms with van der Waals surface area (Å²) in [6, 6.07) is 18.4. The topological polar surface area (TPSA) is 55.4 Å². The van der Waals surface area contributed by atoms with Crippen molar-refractivity contribution in [3.63, 3.8) is 0 Å². The van der Waals surface area contributed by atoms with Crippen LogP contribution in [0.4, 0.5) is 0 Å². The number of esters is 1. The smallest absolute Gasteiger partial charge is 0.328 e. The fourth-order valence-electron chi connectivity index (χ4n) is 3.12. The summed E-state index contributed by atoms with van der Waals surface area (Å²) < 4.78 is 4.86. The van der Waals surface area contributed by atoms with Crippen LogP contribution in [0.25, 0.3) is 0 Å². The summed E-state index contributed by atoms with van der Waals surface area (Å²) in [5.74, 6) is -0.476. The predicted octanol–water partition coefficient (Wildman–Crippen LogP) is 1.48. The Balaban J connectivity index is 1.66. The third kappa shape index (κ3) is 3.99. The zero-order chi connectivity index (χ0) is 17.9. The van der Waals surface area contributed by atoms with E-state index in [0.29, 0.717) is 13.0 Å². The van der Waals surface area contributed by atoms with E-state index in [1.54, 1.807) is 0 Å². The van der Waals surface area contributed by atoms with E-state index >= 15 is 0 Å². The molecule has 0 bridgehead atoms. The van der Waals surface area contributed by atoms with Crippen LogP contribution in [-0.4, -0.2) is 32.6 Å². The number of cyclic esters (lactones) is 1. The molecule has 0 spiro atoms. The molecule has 25 heavy (non-hydrogen) atoms. The highest BCUT2D eigenvalue weighted by molar-refractivity contribution is 7.00. The van der Waals surface area contributed by atoms with Crippen LogP contribution < -0.4 is 15.7 Å². The van der Waals surface area contributed by atoms with Crippen molar-refractivity contribution in [3.8, 4) is 0 Å². The second-order valence-corrected chi connectivity index (χ2v) is 11.3. The number of hydrogen-bond acceptors (Lipinski definition) is 3. The minimum Gasteiger partial charge on any atom is -0.464 e. The Morgan fingerprint density at radius 3 is 2.32 bits per heavy atom. The van der Waals surface area contributed by atoms with E-state index in [9.17, 15) is 9.59 Å². The first kappa shape index (κ1) is 17.4. The molecular formula is C20H23NO3Si. The summed E-state index contributed by atoms with van der Waals surface area (Å²) >= 11 is 0. The molecule has 130 valence electrons. The number of hydrogen-bond donors (Lipinski definition) is 1. The number of rotatable bonds is 5. The van der Waals surface area contributed by atoms with Crippen molar-refractivity contribution in [2.24, 2.45) is 0 Å². The molecule has 1 N–H and O–H groups in total. The second kappa shape index (κ2) is 7.23. The van der Waals surface area contributed by atoms with E-state index in [1.165, 1.54) is 10.4 Å². The normalized spacial score (nSPS) is 17.2. The van der Waals surface area contributed by atoms with Crippen molar-refractivity contribution in [2.45, 2.75) is 32.0 Å². The standard InChI is InChI=1S/C20H23NO3Si/c1-25(2,16-6-4-3-5-7-16)17-10-8-15(9-11-17)14-19(22)21-18-12-13-24-20(18)23/h3-11,18H,12-14H2,1-2H3,(H,21,22)/t18-/m0/s1. The zero-order valence-electron chi connectivity index (χ0n) is 14.6. The van der Waals surface area contributed by atoms with Crippen LogP contribution >= 0.6 is 0 Å². The van der Waals surface area contributed by atoms with Gasteiger partial charge in [0.2, 0.25) is 5.91 Å². The highest BCUT2D eigenvalue weighted by atomic mass is 28.3. The van der Waals surface area contributed by atoms with Crippen LogP contribution in [0.3, 0.4) is 0 Å². The van der Waals surface area contributed by atoms with Crippen molar-refractivity contribution in [1.82, 2.24) is 5.32 Å². The molecule has 0 aliphatic carbocycles. The summed E-state index contributed by atoms with van der Waals surface area (Å²) in [6.07, 6.45) is 0.831. The molecule has 1 aliphatic rings. The average molecular weight is 353 g/mol. The number of ether oxygens (including phenoxy) is 1. The lowest BCUT2D eigenvalue weighted by atomic mass is 10.1. The highest BCUT2D eigenvalue weighted by Crippen LogP contribution is 2.09. The van der Waals surface area contributed by atoms with E-state index in [2.05, 4.69) is 54.8 Å². The Bertz CT molecular complexity index is 756. The van der Waals surface area contributed by atoms with E-state index in [0.717, 1.165) is 5.56 Å². The lowest BCUT2D eigenvalue weighted by Gasteiger charge is -2.23. The molecule has 1 fully saturated rings. The molecule has 0 aromatic heterocycles. The van der Waals surface area contributed by atoms with Crippen LogP contribution in [0.1, 0.15) is 12.0 Å². The summed E-state index contributed by atoms with van der Waals surface area (Å²) in [4.78, 5) is 23.5. The number of amides is 1. The summed E-state index contributed by atoms with van der Waals surface area (Å²) in [5.41, 5.74) is 0.950. The van der Waals surface area contributed by atoms with Gasteiger partial charge in [-0.3, -0.25) is 4.79 Å². The van der Waals surface area contributed by atoms with Crippen molar-refractivity contribution < 1.29 is 14.3 Å². The van der Waals surface area contributed by atoms with Crippen molar-refractivity contribution in [3.05, 3.63) is 60.2 Å². The molecule has 1 saturated heterocycles. The Morgan fingerprint density at radius 1 is 1.08 bits per heavy atom. The molecule has 1 amide bonds. The fourth-order valence-corrected chi connectivity index (χ4v) is 5.48. The average Bonchev–Trinajstić information content (AvgIpc) is 3.01. The maximum atomic E-state index is 12.1. The summed E-state index contributed by atoms with van der Waals surface area (Å²) in [5, 5.41) is 5.47. The minimum absolute atomic E-state index is 0.142. The van der Waals surface area contributed by atoms with Gasteiger partial charge in [0.25, 0.3) is 0 Å². The van der Waals surface area contributed by atoms with E-state index in [1.807, 2.05) is 18.2 Å². The Labute approximate surface area is 149 Å². The predicted molar refractivity (Wildman–Crippen MR) is 101 cm³/mol. The molecule has 2 aromatic rings. The van der Waals surface area contributed by atoms with E-state index in [4.69, 9.17) is 4.74 Å². The van der Waals surface area contributed by atoms with Gasteiger partial charge in [-0.2, -0.15) is 0 Å². The van der Waals surface area contributed by atoms with Gasteiger partial charge in [-0.1, -0.05) is 78.1 Å². The van der Waals surface area contributed by atoms with Gasteiger partial charge >= 0.3 is 5.97 Å². The van der Waals surface area contributed by atoms with Crippen LogP contribution in [-0.2, 0) is 20.7 Å². The first-order valence-corrected chi connectivity index (χ1v) is 11.6. The van der Waals surface area contributed by atoms with Gasteiger partial charge in [0.05, 0.1) is 13.0 Å². The van der Waals surface area contributed by atoms with Gasteiger partial charge in [0.1, 0.15) is 14.1 Å². The highest BCUT2D eigenvalue weighted by Gasteiger charge is 2.28. The minimum atomic E-state index is -1.72. The summed E-state index contributed by atoms with van der Waals surface area (Å²) in [6.45, 7) is 5.04. The van der Waals surface area contributed by atoms with Gasteiger partial charge in [-0.25, -0.2) is 4.79 Å². The van der Waals surface area contributed by atoms with Crippen LogP contribution in [0.2, 0.25) is 13.1 Å². The Hall–Kier alpha value is -2.40. The van der Waals surface area contributed by atoms with Gasteiger partial charge < -0.3 is 10.1 Å². The number of benzene rings is 2. The molecular weight excluding hydrogens is 330 g/mol. The van der Waals surface area contributed by atoms with Crippen molar-refractivity contribution in [2.75, 3.05) is 6.61 Å². The van der Waals surface area contributed by atoms with Crippen molar-refractivity contribution in [1.29, 1.82) is 0 Å². The molecule has 4 nitrogen and oxygen atoms in total. The van der Waals surface area contributed by atoms with Crippen molar-refractivity contribution >= 4 is 30.3 Å². The van der Waals surface area contributed by atoms with Gasteiger partial charge in [-0.15, -0.1) is 0 Å². The maximum Gasteiger partial charge on any atom is 0.328 e. The quantitative estimate of drug-likeness (QED) is 0.654. The molecule has 0 radical (unpaired) electrons. The number of carbonyl (C=O) groups is 2. The molecule has 1 aliphatic heterocycles. The third-order valence-electron chi connectivity index (χ3n) is 4.81. The molecule has 3 rings (SSSR count). The summed E-state index contributed by atoms with van der Waals surface area (Å²) in [7, 11) is -1.72.